The Morgan fingerprint density at radius 1 is 1.25 bits per heavy atom. The average Bonchev–Trinajstić information content (AvgIpc) is 3.08. The number of benzene rings is 1. The highest BCUT2D eigenvalue weighted by Crippen LogP contribution is 2.33. The summed E-state index contributed by atoms with van der Waals surface area (Å²) in [7, 11) is 0. The van der Waals surface area contributed by atoms with Crippen molar-refractivity contribution in [3.05, 3.63) is 35.4 Å². The fourth-order valence-electron chi connectivity index (χ4n) is 2.06. The van der Waals surface area contributed by atoms with Gasteiger partial charge in [-0.3, -0.25) is 4.79 Å². The minimum atomic E-state index is -0.598. The van der Waals surface area contributed by atoms with Crippen LogP contribution in [-0.4, -0.2) is 11.4 Å². The van der Waals surface area contributed by atoms with Gasteiger partial charge < -0.3 is 11.1 Å². The van der Waals surface area contributed by atoms with Crippen LogP contribution in [0.3, 0.4) is 0 Å². The lowest BCUT2D eigenvalue weighted by molar-refractivity contribution is -0.123. The molecule has 1 atom stereocenters. The summed E-state index contributed by atoms with van der Waals surface area (Å²) < 4.78 is 0. The number of nitrogens with two attached hydrogens (primary N) is 1. The molecule has 1 amide bonds. The second kappa shape index (κ2) is 5.74. The number of carbonyl (C=O) groups excluding carboxylic acids is 1. The standard InChI is InChI=1S/C16H24N2O.ClH/c1-11(18-14(19)16(17)9-10-16)12-5-7-13(8-6-12)15(2,3)4;/h5-8,11H,9-10,17H2,1-4H3,(H,18,19);1H. The van der Waals surface area contributed by atoms with Gasteiger partial charge >= 0.3 is 0 Å². The predicted octanol–water partition coefficient (Wildman–Crippen LogP) is 3.07. The minimum Gasteiger partial charge on any atom is -0.348 e. The molecule has 1 aromatic rings. The first kappa shape index (κ1) is 17.0. The quantitative estimate of drug-likeness (QED) is 0.900. The van der Waals surface area contributed by atoms with Gasteiger partial charge in [-0.15, -0.1) is 12.4 Å². The monoisotopic (exact) mass is 296 g/mol. The van der Waals surface area contributed by atoms with Gasteiger partial charge in [0, 0.05) is 0 Å². The van der Waals surface area contributed by atoms with Crippen molar-refractivity contribution in [2.45, 2.75) is 57.5 Å². The molecule has 1 unspecified atom stereocenters. The SMILES string of the molecule is CC(NC(=O)C1(N)CC1)c1ccc(C(C)(C)C)cc1.Cl. The highest BCUT2D eigenvalue weighted by molar-refractivity contribution is 5.89. The molecule has 0 bridgehead atoms. The third-order valence-corrected chi connectivity index (χ3v) is 3.87. The molecule has 1 fully saturated rings. The molecule has 0 aromatic heterocycles. The Balaban J connectivity index is 0.00000200. The zero-order chi connectivity index (χ0) is 14.3. The zero-order valence-electron chi connectivity index (χ0n) is 12.7. The molecular weight excluding hydrogens is 272 g/mol. The summed E-state index contributed by atoms with van der Waals surface area (Å²) in [6.07, 6.45) is 1.60. The Hall–Kier alpha value is -1.06. The third-order valence-electron chi connectivity index (χ3n) is 3.87. The fourth-order valence-corrected chi connectivity index (χ4v) is 2.06. The van der Waals surface area contributed by atoms with Gasteiger partial charge in [-0.2, -0.15) is 0 Å². The van der Waals surface area contributed by atoms with Gasteiger partial charge in [0.2, 0.25) is 5.91 Å². The van der Waals surface area contributed by atoms with E-state index in [9.17, 15) is 4.79 Å². The number of rotatable bonds is 3. The van der Waals surface area contributed by atoms with Gasteiger partial charge in [0.05, 0.1) is 11.6 Å². The maximum atomic E-state index is 11.9. The average molecular weight is 297 g/mol. The smallest absolute Gasteiger partial charge is 0.240 e. The minimum absolute atomic E-state index is 0. The Bertz CT molecular complexity index is 472. The number of nitrogens with one attached hydrogen (secondary N) is 1. The summed E-state index contributed by atoms with van der Waals surface area (Å²) in [6.45, 7) is 8.57. The summed E-state index contributed by atoms with van der Waals surface area (Å²) in [6, 6.07) is 8.44. The van der Waals surface area contributed by atoms with Gasteiger partial charge in [0.25, 0.3) is 0 Å². The molecule has 0 spiro atoms. The lowest BCUT2D eigenvalue weighted by Crippen LogP contribution is -2.43. The van der Waals surface area contributed by atoms with Crippen LogP contribution in [0.5, 0.6) is 0 Å². The van der Waals surface area contributed by atoms with Gasteiger partial charge in [-0.1, -0.05) is 45.0 Å². The van der Waals surface area contributed by atoms with Crippen LogP contribution in [0.2, 0.25) is 0 Å². The summed E-state index contributed by atoms with van der Waals surface area (Å²) in [5.74, 6) is -0.0279. The van der Waals surface area contributed by atoms with Crippen molar-refractivity contribution in [3.63, 3.8) is 0 Å². The van der Waals surface area contributed by atoms with E-state index < -0.39 is 5.54 Å². The van der Waals surface area contributed by atoms with E-state index in [1.807, 2.05) is 6.92 Å². The first-order chi connectivity index (χ1) is 8.72. The van der Waals surface area contributed by atoms with Crippen molar-refractivity contribution in [1.82, 2.24) is 5.32 Å². The Morgan fingerprint density at radius 3 is 2.15 bits per heavy atom. The molecule has 20 heavy (non-hydrogen) atoms. The van der Waals surface area contributed by atoms with E-state index >= 15 is 0 Å². The van der Waals surface area contributed by atoms with Crippen LogP contribution in [0.1, 0.15) is 57.7 Å². The molecule has 112 valence electrons. The van der Waals surface area contributed by atoms with Crippen molar-refractivity contribution in [1.29, 1.82) is 0 Å². The zero-order valence-corrected chi connectivity index (χ0v) is 13.5. The maximum Gasteiger partial charge on any atom is 0.240 e. The van der Waals surface area contributed by atoms with Crippen LogP contribution in [0.4, 0.5) is 0 Å². The van der Waals surface area contributed by atoms with Crippen molar-refractivity contribution in [3.8, 4) is 0 Å². The second-order valence-electron chi connectivity index (χ2n) is 6.72. The summed E-state index contributed by atoms with van der Waals surface area (Å²) >= 11 is 0. The molecule has 3 N–H and O–H groups in total. The van der Waals surface area contributed by atoms with Crippen LogP contribution in [-0.2, 0) is 10.2 Å². The Labute approximate surface area is 127 Å². The summed E-state index contributed by atoms with van der Waals surface area (Å²) in [5, 5.41) is 2.99. The predicted molar refractivity (Wildman–Crippen MR) is 85.1 cm³/mol. The molecule has 1 aliphatic rings. The Kier molecular flexibility index (Phi) is 4.88. The van der Waals surface area contributed by atoms with E-state index in [2.05, 4.69) is 50.4 Å². The molecule has 0 saturated heterocycles. The first-order valence-electron chi connectivity index (χ1n) is 6.93. The van der Waals surface area contributed by atoms with Crippen molar-refractivity contribution in [2.24, 2.45) is 5.73 Å². The van der Waals surface area contributed by atoms with Gasteiger partial charge in [0.15, 0.2) is 0 Å². The molecule has 0 heterocycles. The largest absolute Gasteiger partial charge is 0.348 e. The highest BCUT2D eigenvalue weighted by atomic mass is 35.5. The lowest BCUT2D eigenvalue weighted by atomic mass is 9.86. The van der Waals surface area contributed by atoms with Crippen molar-refractivity contribution in [2.75, 3.05) is 0 Å². The fraction of sp³-hybridized carbons (Fsp3) is 0.562. The third kappa shape index (κ3) is 3.74. The van der Waals surface area contributed by atoms with E-state index in [1.165, 1.54) is 5.56 Å². The van der Waals surface area contributed by atoms with E-state index in [-0.39, 0.29) is 29.8 Å². The highest BCUT2D eigenvalue weighted by Gasteiger charge is 2.46. The van der Waals surface area contributed by atoms with Crippen molar-refractivity contribution >= 4 is 18.3 Å². The van der Waals surface area contributed by atoms with E-state index in [1.54, 1.807) is 0 Å². The van der Waals surface area contributed by atoms with Crippen LogP contribution in [0, 0.1) is 0 Å². The van der Waals surface area contributed by atoms with Crippen LogP contribution in [0.25, 0.3) is 0 Å². The second-order valence-corrected chi connectivity index (χ2v) is 6.72. The molecule has 4 heteroatoms. The van der Waals surface area contributed by atoms with Crippen LogP contribution >= 0.6 is 12.4 Å². The number of carbonyl (C=O) groups is 1. The molecule has 3 nitrogen and oxygen atoms in total. The van der Waals surface area contributed by atoms with E-state index in [0.717, 1.165) is 18.4 Å². The molecule has 1 saturated carbocycles. The molecular formula is C16H25ClN2O. The maximum absolute atomic E-state index is 11.9. The number of hydrogen-bond donors (Lipinski definition) is 2. The molecule has 2 rings (SSSR count). The van der Waals surface area contributed by atoms with E-state index in [4.69, 9.17) is 5.73 Å². The Morgan fingerprint density at radius 2 is 1.75 bits per heavy atom. The van der Waals surface area contributed by atoms with Crippen LogP contribution in [0.15, 0.2) is 24.3 Å². The topological polar surface area (TPSA) is 55.1 Å². The van der Waals surface area contributed by atoms with Gasteiger partial charge in [-0.05, 0) is 36.3 Å². The first-order valence-corrected chi connectivity index (χ1v) is 6.93. The molecule has 1 aromatic carbocycles. The molecule has 0 aliphatic heterocycles. The number of halogens is 1. The number of amides is 1. The molecule has 1 aliphatic carbocycles. The van der Waals surface area contributed by atoms with Crippen LogP contribution < -0.4 is 11.1 Å². The lowest BCUT2D eigenvalue weighted by Gasteiger charge is -2.21. The normalized spacial score (nSPS) is 17.9. The van der Waals surface area contributed by atoms with E-state index in [0.29, 0.717) is 0 Å². The van der Waals surface area contributed by atoms with Gasteiger partial charge in [0.1, 0.15) is 0 Å². The summed E-state index contributed by atoms with van der Waals surface area (Å²) in [4.78, 5) is 11.9. The molecule has 0 radical (unpaired) electrons. The van der Waals surface area contributed by atoms with Gasteiger partial charge in [-0.25, -0.2) is 0 Å². The van der Waals surface area contributed by atoms with Crippen molar-refractivity contribution < 1.29 is 4.79 Å². The number of hydrogen-bond acceptors (Lipinski definition) is 2. The summed E-state index contributed by atoms with van der Waals surface area (Å²) in [5.41, 5.74) is 7.86.